The zero-order chi connectivity index (χ0) is 12.8. The van der Waals surface area contributed by atoms with E-state index in [1.807, 2.05) is 6.92 Å². The van der Waals surface area contributed by atoms with Crippen LogP contribution in [0.4, 0.5) is 0 Å². The third-order valence-electron chi connectivity index (χ3n) is 3.19. The molecule has 1 aliphatic heterocycles. The highest BCUT2D eigenvalue weighted by Crippen LogP contribution is 2.16. The number of hydrogen-bond donors (Lipinski definition) is 1. The number of aromatic nitrogens is 1. The van der Waals surface area contributed by atoms with Gasteiger partial charge in [-0.3, -0.25) is 9.78 Å². The van der Waals surface area contributed by atoms with Gasteiger partial charge in [0.05, 0.1) is 18.8 Å². The van der Waals surface area contributed by atoms with Crippen molar-refractivity contribution in [1.82, 2.24) is 10.3 Å². The van der Waals surface area contributed by atoms with Gasteiger partial charge in [0.2, 0.25) is 0 Å². The lowest BCUT2D eigenvalue weighted by molar-refractivity contribution is 0.0940. The van der Waals surface area contributed by atoms with Gasteiger partial charge in [0.25, 0.3) is 0 Å². The van der Waals surface area contributed by atoms with Crippen LogP contribution in [0.3, 0.4) is 0 Å². The average molecular weight is 248 g/mol. The van der Waals surface area contributed by atoms with E-state index in [0.29, 0.717) is 17.9 Å². The highest BCUT2D eigenvalue weighted by Gasteiger charge is 2.21. The monoisotopic (exact) mass is 248 g/mol. The number of carbonyl (C=O) groups is 1. The zero-order valence-electron chi connectivity index (χ0n) is 10.8. The van der Waals surface area contributed by atoms with Gasteiger partial charge in [0.15, 0.2) is 5.78 Å². The smallest absolute Gasteiger partial charge is 0.181 e. The minimum atomic E-state index is -0.0637. The molecule has 1 aromatic rings. The third kappa shape index (κ3) is 3.29. The molecule has 1 fully saturated rings. The van der Waals surface area contributed by atoms with Gasteiger partial charge in [0.1, 0.15) is 5.75 Å². The van der Waals surface area contributed by atoms with Crippen LogP contribution in [0.5, 0.6) is 5.75 Å². The normalized spacial score (nSPS) is 20.2. The van der Waals surface area contributed by atoms with Crippen LogP contribution in [-0.2, 0) is 0 Å². The van der Waals surface area contributed by atoms with Gasteiger partial charge in [-0.25, -0.2) is 0 Å². The van der Waals surface area contributed by atoms with Crippen LogP contribution in [-0.4, -0.2) is 30.0 Å². The number of ether oxygens (including phenoxy) is 1. The van der Waals surface area contributed by atoms with E-state index in [-0.39, 0.29) is 11.8 Å². The molecule has 18 heavy (non-hydrogen) atoms. The summed E-state index contributed by atoms with van der Waals surface area (Å²) in [6.07, 6.45) is 7.65. The van der Waals surface area contributed by atoms with Gasteiger partial charge in [0, 0.05) is 11.8 Å². The average Bonchev–Trinajstić information content (AvgIpc) is 2.67. The summed E-state index contributed by atoms with van der Waals surface area (Å²) in [5.41, 5.74) is 0.639. The molecule has 0 amide bonds. The van der Waals surface area contributed by atoms with Crippen LogP contribution in [0.15, 0.2) is 18.5 Å². The van der Waals surface area contributed by atoms with Crippen LogP contribution in [0, 0.1) is 0 Å². The predicted molar refractivity (Wildman–Crippen MR) is 70.0 cm³/mol. The summed E-state index contributed by atoms with van der Waals surface area (Å²) in [5, 5.41) is 3.31. The molecule has 1 aliphatic rings. The van der Waals surface area contributed by atoms with Crippen LogP contribution < -0.4 is 10.1 Å². The number of hydrogen-bond acceptors (Lipinski definition) is 4. The van der Waals surface area contributed by atoms with E-state index < -0.39 is 0 Å². The number of ketones is 1. The molecule has 98 valence electrons. The first kappa shape index (κ1) is 13.0. The van der Waals surface area contributed by atoms with Crippen molar-refractivity contribution in [3.63, 3.8) is 0 Å². The first-order valence-electron chi connectivity index (χ1n) is 6.66. The molecule has 0 bridgehead atoms. The molecule has 0 saturated carbocycles. The van der Waals surface area contributed by atoms with E-state index in [0.717, 1.165) is 25.8 Å². The van der Waals surface area contributed by atoms with Crippen LogP contribution in [0.2, 0.25) is 0 Å². The number of Topliss-reactive ketones (excluding diaryl/α,β-unsaturated/α-hetero) is 1. The zero-order valence-corrected chi connectivity index (χ0v) is 10.8. The number of pyridine rings is 1. The van der Waals surface area contributed by atoms with E-state index in [1.165, 1.54) is 6.42 Å². The molecule has 1 unspecified atom stereocenters. The van der Waals surface area contributed by atoms with Crippen LogP contribution in [0.25, 0.3) is 0 Å². The van der Waals surface area contributed by atoms with Crippen molar-refractivity contribution in [3.05, 3.63) is 24.0 Å². The van der Waals surface area contributed by atoms with Crippen molar-refractivity contribution in [2.75, 3.05) is 13.2 Å². The van der Waals surface area contributed by atoms with Gasteiger partial charge in [-0.05, 0) is 32.4 Å². The molecule has 4 nitrogen and oxygen atoms in total. The summed E-state index contributed by atoms with van der Waals surface area (Å²) >= 11 is 0. The molecule has 0 aromatic carbocycles. The fourth-order valence-corrected chi connectivity index (χ4v) is 2.25. The first-order valence-corrected chi connectivity index (χ1v) is 6.66. The SMILES string of the molecule is CCOc1cncc(C(=O)C2CCCCCN2)c1. The summed E-state index contributed by atoms with van der Waals surface area (Å²) in [5.74, 6) is 0.794. The fraction of sp³-hybridized carbons (Fsp3) is 0.571. The highest BCUT2D eigenvalue weighted by molar-refractivity contribution is 6.00. The van der Waals surface area contributed by atoms with E-state index >= 15 is 0 Å². The molecule has 0 spiro atoms. The third-order valence-corrected chi connectivity index (χ3v) is 3.19. The maximum Gasteiger partial charge on any atom is 0.181 e. The molecule has 1 N–H and O–H groups in total. The second-order valence-electron chi connectivity index (χ2n) is 4.56. The van der Waals surface area contributed by atoms with E-state index in [4.69, 9.17) is 4.74 Å². The number of rotatable bonds is 4. The molecule has 1 atom stereocenters. The van der Waals surface area contributed by atoms with Crippen LogP contribution >= 0.6 is 0 Å². The van der Waals surface area contributed by atoms with Crippen molar-refractivity contribution in [1.29, 1.82) is 0 Å². The van der Waals surface area contributed by atoms with Gasteiger partial charge in [-0.1, -0.05) is 12.8 Å². The lowest BCUT2D eigenvalue weighted by Crippen LogP contribution is -2.36. The van der Waals surface area contributed by atoms with Crippen molar-refractivity contribution >= 4 is 5.78 Å². The number of nitrogens with one attached hydrogen (secondary N) is 1. The molecule has 0 aliphatic carbocycles. The molecule has 2 rings (SSSR count). The minimum Gasteiger partial charge on any atom is -0.492 e. The molecular formula is C14H20N2O2. The molecule has 0 radical (unpaired) electrons. The number of nitrogens with zero attached hydrogens (tertiary/aromatic N) is 1. The second kappa shape index (κ2) is 6.50. The Morgan fingerprint density at radius 1 is 1.44 bits per heavy atom. The molecule has 2 heterocycles. The lowest BCUT2D eigenvalue weighted by atomic mass is 10.0. The molecule has 4 heteroatoms. The van der Waals surface area contributed by atoms with Gasteiger partial charge in [-0.15, -0.1) is 0 Å². The highest BCUT2D eigenvalue weighted by atomic mass is 16.5. The summed E-state index contributed by atoms with van der Waals surface area (Å²) in [6, 6.07) is 1.72. The topological polar surface area (TPSA) is 51.2 Å². The second-order valence-corrected chi connectivity index (χ2v) is 4.56. The Bertz CT molecular complexity index is 399. The predicted octanol–water partition coefficient (Wildman–Crippen LogP) is 2.20. The van der Waals surface area contributed by atoms with Gasteiger partial charge < -0.3 is 10.1 Å². The van der Waals surface area contributed by atoms with Crippen molar-refractivity contribution < 1.29 is 9.53 Å². The Morgan fingerprint density at radius 3 is 3.17 bits per heavy atom. The molecule has 1 aromatic heterocycles. The lowest BCUT2D eigenvalue weighted by Gasteiger charge is -2.14. The maximum absolute atomic E-state index is 12.4. The first-order chi connectivity index (χ1) is 8.81. The number of carbonyl (C=O) groups excluding carboxylic acids is 1. The maximum atomic E-state index is 12.4. The quantitative estimate of drug-likeness (QED) is 0.830. The summed E-state index contributed by atoms with van der Waals surface area (Å²) in [6.45, 7) is 3.43. The Morgan fingerprint density at radius 2 is 2.33 bits per heavy atom. The van der Waals surface area contributed by atoms with Crippen molar-refractivity contribution in [3.8, 4) is 5.75 Å². The van der Waals surface area contributed by atoms with Crippen molar-refractivity contribution in [2.45, 2.75) is 38.6 Å². The molecular weight excluding hydrogens is 228 g/mol. The van der Waals surface area contributed by atoms with E-state index in [1.54, 1.807) is 18.5 Å². The fourth-order valence-electron chi connectivity index (χ4n) is 2.25. The van der Waals surface area contributed by atoms with E-state index in [2.05, 4.69) is 10.3 Å². The summed E-state index contributed by atoms with van der Waals surface area (Å²) in [7, 11) is 0. The Kier molecular flexibility index (Phi) is 4.70. The Hall–Kier alpha value is -1.42. The summed E-state index contributed by atoms with van der Waals surface area (Å²) < 4.78 is 5.37. The Balaban J connectivity index is 2.09. The van der Waals surface area contributed by atoms with Crippen LogP contribution in [0.1, 0.15) is 43.0 Å². The van der Waals surface area contributed by atoms with Gasteiger partial charge >= 0.3 is 0 Å². The Labute approximate surface area is 108 Å². The van der Waals surface area contributed by atoms with Gasteiger partial charge in [-0.2, -0.15) is 0 Å². The van der Waals surface area contributed by atoms with E-state index in [9.17, 15) is 4.79 Å². The standard InChI is InChI=1S/C14H20N2O2/c1-2-18-12-8-11(9-15-10-12)14(17)13-6-4-3-5-7-16-13/h8-10,13,16H,2-7H2,1H3. The van der Waals surface area contributed by atoms with Crippen molar-refractivity contribution in [2.24, 2.45) is 0 Å². The summed E-state index contributed by atoms with van der Waals surface area (Å²) in [4.78, 5) is 16.4. The largest absolute Gasteiger partial charge is 0.492 e. The minimum absolute atomic E-state index is 0.0637. The molecule has 1 saturated heterocycles.